The molecule has 5 nitrogen and oxygen atoms in total. The fourth-order valence-corrected chi connectivity index (χ4v) is 2.77. The number of rotatable bonds is 3. The number of hydrogen-bond acceptors (Lipinski definition) is 4. The Bertz CT molecular complexity index is 552. The maximum atomic E-state index is 6.18. The molecular formula is C10H10BrCl2N5. The summed E-state index contributed by atoms with van der Waals surface area (Å²) in [5, 5.41) is 8.93. The molecule has 0 aliphatic rings. The summed E-state index contributed by atoms with van der Waals surface area (Å²) in [7, 11) is 1.78. The molecule has 0 saturated carbocycles. The van der Waals surface area contributed by atoms with Crippen molar-refractivity contribution >= 4 is 39.1 Å². The van der Waals surface area contributed by atoms with E-state index in [0.29, 0.717) is 14.6 Å². The lowest BCUT2D eigenvalue weighted by molar-refractivity contribution is 0.569. The summed E-state index contributed by atoms with van der Waals surface area (Å²) in [5.41, 5.74) is 4.28. The highest BCUT2D eigenvalue weighted by Crippen LogP contribution is 2.32. The molecule has 1 unspecified atom stereocenters. The number of hydrazine groups is 1. The first-order valence-corrected chi connectivity index (χ1v) is 6.55. The van der Waals surface area contributed by atoms with Crippen molar-refractivity contribution in [2.75, 3.05) is 0 Å². The normalized spacial score (nSPS) is 12.7. The van der Waals surface area contributed by atoms with Crippen molar-refractivity contribution < 1.29 is 0 Å². The number of halogens is 3. The molecule has 2 rings (SSSR count). The molecule has 0 aliphatic carbocycles. The Kier molecular flexibility index (Phi) is 4.24. The Morgan fingerprint density at radius 2 is 2.17 bits per heavy atom. The minimum Gasteiger partial charge on any atom is -0.271 e. The molecule has 1 aromatic heterocycles. The van der Waals surface area contributed by atoms with Crippen LogP contribution in [0.1, 0.15) is 17.3 Å². The van der Waals surface area contributed by atoms with Crippen LogP contribution < -0.4 is 11.3 Å². The van der Waals surface area contributed by atoms with Gasteiger partial charge < -0.3 is 0 Å². The molecule has 8 heteroatoms. The Labute approximate surface area is 122 Å². The lowest BCUT2D eigenvalue weighted by Gasteiger charge is -2.18. The van der Waals surface area contributed by atoms with Gasteiger partial charge in [0, 0.05) is 17.1 Å². The average Bonchev–Trinajstić information content (AvgIpc) is 2.64. The van der Waals surface area contributed by atoms with Gasteiger partial charge in [-0.05, 0) is 33.6 Å². The molecule has 0 bridgehead atoms. The largest absolute Gasteiger partial charge is 0.271 e. The molecule has 18 heavy (non-hydrogen) atoms. The first-order valence-electron chi connectivity index (χ1n) is 5.00. The molecule has 96 valence electrons. The highest BCUT2D eigenvalue weighted by Gasteiger charge is 2.22. The SMILES string of the molecule is Cn1nnc(Br)c1C(NN)c1ccc(Cl)cc1Cl. The third kappa shape index (κ3) is 2.53. The van der Waals surface area contributed by atoms with Crippen LogP contribution >= 0.6 is 39.1 Å². The van der Waals surface area contributed by atoms with Gasteiger partial charge in [0.15, 0.2) is 4.60 Å². The molecule has 3 N–H and O–H groups in total. The topological polar surface area (TPSA) is 68.8 Å². The first-order chi connectivity index (χ1) is 8.54. The van der Waals surface area contributed by atoms with Crippen molar-refractivity contribution in [2.24, 2.45) is 12.9 Å². The van der Waals surface area contributed by atoms with E-state index in [4.69, 9.17) is 29.0 Å². The van der Waals surface area contributed by atoms with Gasteiger partial charge in [0.1, 0.15) is 0 Å². The molecule has 0 amide bonds. The van der Waals surface area contributed by atoms with E-state index in [1.54, 1.807) is 23.9 Å². The van der Waals surface area contributed by atoms with Crippen LogP contribution in [0.3, 0.4) is 0 Å². The minimum atomic E-state index is -0.329. The van der Waals surface area contributed by atoms with Crippen LogP contribution in [0.4, 0.5) is 0 Å². The van der Waals surface area contributed by atoms with Crippen LogP contribution in [0.2, 0.25) is 10.0 Å². The van der Waals surface area contributed by atoms with E-state index in [1.807, 2.05) is 6.07 Å². The van der Waals surface area contributed by atoms with Gasteiger partial charge in [-0.1, -0.05) is 34.5 Å². The molecule has 1 heterocycles. The van der Waals surface area contributed by atoms with Crippen LogP contribution in [-0.2, 0) is 7.05 Å². The number of nitrogens with two attached hydrogens (primary N) is 1. The fourth-order valence-electron chi connectivity index (χ4n) is 1.70. The summed E-state index contributed by atoms with van der Waals surface area (Å²) in [5.74, 6) is 5.61. The number of aromatic nitrogens is 3. The van der Waals surface area contributed by atoms with Crippen molar-refractivity contribution in [3.8, 4) is 0 Å². The van der Waals surface area contributed by atoms with Gasteiger partial charge >= 0.3 is 0 Å². The number of hydrogen-bond donors (Lipinski definition) is 2. The van der Waals surface area contributed by atoms with E-state index in [1.165, 1.54) is 0 Å². The molecule has 1 aromatic carbocycles. The van der Waals surface area contributed by atoms with Gasteiger partial charge in [-0.25, -0.2) is 10.1 Å². The van der Waals surface area contributed by atoms with Crippen molar-refractivity contribution in [2.45, 2.75) is 6.04 Å². The Hall–Kier alpha value is -0.660. The van der Waals surface area contributed by atoms with Crippen molar-refractivity contribution in [1.82, 2.24) is 20.4 Å². The van der Waals surface area contributed by atoms with Crippen LogP contribution in [0, 0.1) is 0 Å². The predicted octanol–water partition coefficient (Wildman–Crippen LogP) is 2.44. The van der Waals surface area contributed by atoms with E-state index < -0.39 is 0 Å². The number of nitrogens with zero attached hydrogens (tertiary/aromatic N) is 3. The molecule has 0 fully saturated rings. The van der Waals surface area contributed by atoms with Gasteiger partial charge in [-0.2, -0.15) is 0 Å². The zero-order chi connectivity index (χ0) is 13.3. The molecule has 0 spiro atoms. The second-order valence-electron chi connectivity index (χ2n) is 3.65. The highest BCUT2D eigenvalue weighted by atomic mass is 79.9. The summed E-state index contributed by atoms with van der Waals surface area (Å²) in [4.78, 5) is 0. The third-order valence-electron chi connectivity index (χ3n) is 2.54. The summed E-state index contributed by atoms with van der Waals surface area (Å²) in [6.45, 7) is 0. The number of benzene rings is 1. The van der Waals surface area contributed by atoms with Crippen molar-refractivity contribution in [1.29, 1.82) is 0 Å². The van der Waals surface area contributed by atoms with Gasteiger partial charge in [0.05, 0.1) is 11.7 Å². The Morgan fingerprint density at radius 1 is 1.44 bits per heavy atom. The van der Waals surface area contributed by atoms with Crippen molar-refractivity contribution in [3.05, 3.63) is 44.1 Å². The van der Waals surface area contributed by atoms with Crippen LogP contribution in [-0.4, -0.2) is 15.0 Å². The third-order valence-corrected chi connectivity index (χ3v) is 3.67. The molecule has 0 saturated heterocycles. The maximum absolute atomic E-state index is 6.18. The van der Waals surface area contributed by atoms with Gasteiger partial charge in [0.25, 0.3) is 0 Å². The standard InChI is InChI=1S/C10H10BrCl2N5/c1-18-9(10(11)16-17-18)8(15-14)6-3-2-5(12)4-7(6)13/h2-4,8,15H,14H2,1H3. The summed E-state index contributed by atoms with van der Waals surface area (Å²) in [6.07, 6.45) is 0. The van der Waals surface area contributed by atoms with Gasteiger partial charge in [-0.15, -0.1) is 5.10 Å². The van der Waals surface area contributed by atoms with E-state index in [0.717, 1.165) is 11.3 Å². The summed E-state index contributed by atoms with van der Waals surface area (Å²) < 4.78 is 2.23. The lowest BCUT2D eigenvalue weighted by Crippen LogP contribution is -2.30. The molecule has 2 aromatic rings. The molecule has 1 atom stereocenters. The summed E-state index contributed by atoms with van der Waals surface area (Å²) in [6, 6.07) is 4.91. The average molecular weight is 351 g/mol. The lowest BCUT2D eigenvalue weighted by atomic mass is 10.0. The van der Waals surface area contributed by atoms with Crippen LogP contribution in [0.25, 0.3) is 0 Å². The highest BCUT2D eigenvalue weighted by molar-refractivity contribution is 9.10. The quantitative estimate of drug-likeness (QED) is 0.659. The van der Waals surface area contributed by atoms with E-state index >= 15 is 0 Å². The van der Waals surface area contributed by atoms with Gasteiger partial charge in [-0.3, -0.25) is 5.84 Å². The van der Waals surface area contributed by atoms with Gasteiger partial charge in [0.2, 0.25) is 0 Å². The Balaban J connectivity index is 2.52. The second kappa shape index (κ2) is 5.54. The van der Waals surface area contributed by atoms with Crippen LogP contribution in [0.5, 0.6) is 0 Å². The zero-order valence-corrected chi connectivity index (χ0v) is 12.5. The number of aryl methyl sites for hydroxylation is 1. The number of nitrogens with one attached hydrogen (secondary N) is 1. The molecular weight excluding hydrogens is 341 g/mol. The minimum absolute atomic E-state index is 0.329. The maximum Gasteiger partial charge on any atom is 0.153 e. The fraction of sp³-hybridized carbons (Fsp3) is 0.200. The summed E-state index contributed by atoms with van der Waals surface area (Å²) >= 11 is 15.4. The predicted molar refractivity (Wildman–Crippen MR) is 74.3 cm³/mol. The Morgan fingerprint density at radius 3 is 2.67 bits per heavy atom. The monoisotopic (exact) mass is 349 g/mol. The smallest absolute Gasteiger partial charge is 0.153 e. The molecule has 0 radical (unpaired) electrons. The van der Waals surface area contributed by atoms with Crippen LogP contribution in [0.15, 0.2) is 22.8 Å². The molecule has 0 aliphatic heterocycles. The first kappa shape index (κ1) is 13.8. The van der Waals surface area contributed by atoms with E-state index in [9.17, 15) is 0 Å². The second-order valence-corrected chi connectivity index (χ2v) is 5.25. The van der Waals surface area contributed by atoms with E-state index in [2.05, 4.69) is 31.7 Å². The van der Waals surface area contributed by atoms with E-state index in [-0.39, 0.29) is 6.04 Å². The zero-order valence-electron chi connectivity index (χ0n) is 9.36. The van der Waals surface area contributed by atoms with Crippen molar-refractivity contribution in [3.63, 3.8) is 0 Å².